The van der Waals surface area contributed by atoms with E-state index in [0.29, 0.717) is 46.3 Å². The molecule has 0 aliphatic carbocycles. The number of ether oxygens (including phenoxy) is 1. The van der Waals surface area contributed by atoms with E-state index < -0.39 is 10.0 Å². The molecule has 3 rings (SSSR count). The predicted molar refractivity (Wildman–Crippen MR) is 135 cm³/mol. The van der Waals surface area contributed by atoms with E-state index in [1.54, 1.807) is 28.8 Å². The molecule has 10 heteroatoms. The van der Waals surface area contributed by atoms with E-state index in [2.05, 4.69) is 11.6 Å². The molecule has 6 nitrogen and oxygen atoms in total. The maximum Gasteiger partial charge on any atom is 0.257 e. The van der Waals surface area contributed by atoms with Gasteiger partial charge in [0.25, 0.3) is 5.91 Å². The van der Waals surface area contributed by atoms with Crippen LogP contribution in [0.4, 0.5) is 0 Å². The summed E-state index contributed by atoms with van der Waals surface area (Å²) < 4.78 is 33.6. The molecular formula is C23H28Cl2N2O4S2. The van der Waals surface area contributed by atoms with Crippen molar-refractivity contribution < 1.29 is 17.9 Å². The minimum atomic E-state index is -3.77. The third-order valence-corrected chi connectivity index (χ3v) is 8.65. The van der Waals surface area contributed by atoms with Crippen LogP contribution in [0.1, 0.15) is 35.7 Å². The Balaban J connectivity index is 1.61. The Morgan fingerprint density at radius 1 is 1.18 bits per heavy atom. The zero-order valence-electron chi connectivity index (χ0n) is 18.6. The van der Waals surface area contributed by atoms with E-state index in [0.717, 1.165) is 18.4 Å². The van der Waals surface area contributed by atoms with E-state index in [4.69, 9.17) is 27.9 Å². The first kappa shape index (κ1) is 26.2. The molecule has 2 aromatic carbocycles. The normalized spacial score (nSPS) is 15.0. The lowest BCUT2D eigenvalue weighted by atomic mass is 9.98. The van der Waals surface area contributed by atoms with Crippen LogP contribution in [0.3, 0.4) is 0 Å². The van der Waals surface area contributed by atoms with Gasteiger partial charge >= 0.3 is 0 Å². The molecule has 0 aromatic heterocycles. The number of hydrogen-bond acceptors (Lipinski definition) is 5. The Hall–Kier alpha value is -1.45. The number of likely N-dealkylation sites (tertiary alicyclic amines) is 1. The number of nitrogens with one attached hydrogen (secondary N) is 1. The summed E-state index contributed by atoms with van der Waals surface area (Å²) in [7, 11) is -2.30. The van der Waals surface area contributed by atoms with Crippen LogP contribution in [0.2, 0.25) is 10.0 Å². The average Bonchev–Trinajstić information content (AvgIpc) is 2.79. The molecule has 180 valence electrons. The summed E-state index contributed by atoms with van der Waals surface area (Å²) in [6.07, 6.45) is 1.87. The number of amides is 1. The van der Waals surface area contributed by atoms with Crippen LogP contribution in [0, 0.1) is 5.92 Å². The number of nitrogens with zero attached hydrogens (tertiary/aromatic N) is 1. The van der Waals surface area contributed by atoms with Gasteiger partial charge in [-0.2, -0.15) is 11.8 Å². The molecule has 1 saturated heterocycles. The molecule has 0 atom stereocenters. The van der Waals surface area contributed by atoms with Crippen molar-refractivity contribution in [2.24, 2.45) is 5.92 Å². The third kappa shape index (κ3) is 7.02. The van der Waals surface area contributed by atoms with Crippen LogP contribution in [-0.2, 0) is 15.8 Å². The van der Waals surface area contributed by atoms with Gasteiger partial charge in [-0.05, 0) is 54.7 Å². The van der Waals surface area contributed by atoms with Crippen molar-refractivity contribution in [2.75, 3.05) is 32.5 Å². The summed E-state index contributed by atoms with van der Waals surface area (Å²) in [6.45, 7) is 3.74. The van der Waals surface area contributed by atoms with Crippen molar-refractivity contribution in [1.82, 2.24) is 9.62 Å². The van der Waals surface area contributed by atoms with E-state index in [-0.39, 0.29) is 22.9 Å². The Bertz CT molecular complexity index is 1090. The van der Waals surface area contributed by atoms with E-state index in [9.17, 15) is 13.2 Å². The zero-order chi connectivity index (χ0) is 24.0. The number of hydrogen-bond donors (Lipinski definition) is 1. The molecule has 0 spiro atoms. The van der Waals surface area contributed by atoms with Crippen LogP contribution in [0.5, 0.6) is 5.75 Å². The average molecular weight is 532 g/mol. The first-order valence-electron chi connectivity index (χ1n) is 10.7. The standard InChI is InChI=1S/C23H28Cl2N2O4S2/c1-16-7-10-27(11-8-16)23(28)20-14-19(5-6-22(20)31-2)33(29,30)26-9-12-32-15-17-3-4-18(24)13-21(17)25/h3-6,13-14,16,26H,7-12,15H2,1-2H3. The van der Waals surface area contributed by atoms with Gasteiger partial charge in [0.1, 0.15) is 5.75 Å². The predicted octanol–water partition coefficient (Wildman–Crippen LogP) is 5.09. The number of carbonyl (C=O) groups excluding carboxylic acids is 1. The number of methoxy groups -OCH3 is 1. The highest BCUT2D eigenvalue weighted by molar-refractivity contribution is 7.98. The fraction of sp³-hybridized carbons (Fsp3) is 0.435. The Labute approximate surface area is 210 Å². The molecule has 0 unspecified atom stereocenters. The van der Waals surface area contributed by atoms with Gasteiger partial charge < -0.3 is 9.64 Å². The number of thioether (sulfide) groups is 1. The zero-order valence-corrected chi connectivity index (χ0v) is 21.8. The minimum absolute atomic E-state index is 0.0442. The van der Waals surface area contributed by atoms with Gasteiger partial charge in [0, 0.05) is 41.2 Å². The van der Waals surface area contributed by atoms with E-state index >= 15 is 0 Å². The van der Waals surface area contributed by atoms with Crippen LogP contribution < -0.4 is 9.46 Å². The lowest BCUT2D eigenvalue weighted by molar-refractivity contribution is 0.0693. The van der Waals surface area contributed by atoms with Gasteiger partial charge in [-0.1, -0.05) is 36.2 Å². The van der Waals surface area contributed by atoms with Crippen LogP contribution in [0.15, 0.2) is 41.3 Å². The van der Waals surface area contributed by atoms with Crippen molar-refractivity contribution in [1.29, 1.82) is 0 Å². The van der Waals surface area contributed by atoms with Crippen molar-refractivity contribution in [3.8, 4) is 5.75 Å². The molecule has 0 saturated carbocycles. The monoisotopic (exact) mass is 530 g/mol. The number of halogens is 2. The Morgan fingerprint density at radius 2 is 1.91 bits per heavy atom. The molecule has 1 N–H and O–H groups in total. The quantitative estimate of drug-likeness (QED) is 0.457. The maximum atomic E-state index is 13.1. The second-order valence-electron chi connectivity index (χ2n) is 8.02. The second kappa shape index (κ2) is 11.8. The van der Waals surface area contributed by atoms with Gasteiger partial charge in [-0.3, -0.25) is 4.79 Å². The fourth-order valence-corrected chi connectivity index (χ4v) is 6.16. The fourth-order valence-electron chi connectivity index (χ4n) is 3.56. The Morgan fingerprint density at radius 3 is 2.58 bits per heavy atom. The van der Waals surface area contributed by atoms with Gasteiger partial charge in [-0.15, -0.1) is 0 Å². The highest BCUT2D eigenvalue weighted by atomic mass is 35.5. The smallest absolute Gasteiger partial charge is 0.257 e. The van der Waals surface area contributed by atoms with Gasteiger partial charge in [0.15, 0.2) is 0 Å². The van der Waals surface area contributed by atoms with Gasteiger partial charge in [-0.25, -0.2) is 13.1 Å². The van der Waals surface area contributed by atoms with Crippen LogP contribution >= 0.6 is 35.0 Å². The summed E-state index contributed by atoms with van der Waals surface area (Å²) in [5, 5.41) is 1.17. The van der Waals surface area contributed by atoms with Gasteiger partial charge in [0.2, 0.25) is 10.0 Å². The second-order valence-corrected chi connectivity index (χ2v) is 11.7. The SMILES string of the molecule is COc1ccc(S(=O)(=O)NCCSCc2ccc(Cl)cc2Cl)cc1C(=O)N1CCC(C)CC1. The first-order chi connectivity index (χ1) is 15.7. The van der Waals surface area contributed by atoms with Gasteiger partial charge in [0.05, 0.1) is 17.6 Å². The number of sulfonamides is 1. The molecule has 2 aromatic rings. The third-order valence-electron chi connectivity index (χ3n) is 5.59. The van der Waals surface area contributed by atoms with E-state index in [1.165, 1.54) is 25.3 Å². The maximum absolute atomic E-state index is 13.1. The molecule has 1 aliphatic heterocycles. The summed E-state index contributed by atoms with van der Waals surface area (Å²) in [4.78, 5) is 14.9. The molecule has 1 amide bonds. The van der Waals surface area contributed by atoms with Crippen LogP contribution in [-0.4, -0.2) is 51.7 Å². The molecule has 1 fully saturated rings. The topological polar surface area (TPSA) is 75.7 Å². The first-order valence-corrected chi connectivity index (χ1v) is 14.1. The minimum Gasteiger partial charge on any atom is -0.496 e. The Kier molecular flexibility index (Phi) is 9.35. The molecule has 33 heavy (non-hydrogen) atoms. The summed E-state index contributed by atoms with van der Waals surface area (Å²) in [6, 6.07) is 9.72. The summed E-state index contributed by atoms with van der Waals surface area (Å²) in [5.41, 5.74) is 1.21. The molecule has 0 bridgehead atoms. The van der Waals surface area contributed by atoms with Crippen molar-refractivity contribution >= 4 is 50.9 Å². The highest BCUT2D eigenvalue weighted by Crippen LogP contribution is 2.27. The molecule has 0 radical (unpaired) electrons. The molecule has 1 aliphatic rings. The molecule has 1 heterocycles. The van der Waals surface area contributed by atoms with Crippen molar-refractivity contribution in [2.45, 2.75) is 30.4 Å². The largest absolute Gasteiger partial charge is 0.496 e. The highest BCUT2D eigenvalue weighted by Gasteiger charge is 2.26. The van der Waals surface area contributed by atoms with Crippen molar-refractivity contribution in [3.05, 3.63) is 57.6 Å². The number of benzene rings is 2. The summed E-state index contributed by atoms with van der Waals surface area (Å²) >= 11 is 13.6. The number of carbonyl (C=O) groups is 1. The number of piperidine rings is 1. The van der Waals surface area contributed by atoms with E-state index in [1.807, 2.05) is 6.07 Å². The number of rotatable bonds is 9. The van der Waals surface area contributed by atoms with Crippen molar-refractivity contribution in [3.63, 3.8) is 0 Å². The molecular weight excluding hydrogens is 503 g/mol. The lowest BCUT2D eigenvalue weighted by Gasteiger charge is -2.30. The lowest BCUT2D eigenvalue weighted by Crippen LogP contribution is -2.38. The van der Waals surface area contributed by atoms with Crippen LogP contribution in [0.25, 0.3) is 0 Å². The summed E-state index contributed by atoms with van der Waals surface area (Å²) in [5.74, 6) is 1.96.